The minimum Gasteiger partial charge on any atom is -0.357 e. The van der Waals surface area contributed by atoms with Gasteiger partial charge < -0.3 is 10.2 Å². The van der Waals surface area contributed by atoms with Crippen LogP contribution in [-0.2, 0) is 4.79 Å². The number of benzene rings is 1. The maximum Gasteiger partial charge on any atom is 0.223 e. The molecule has 1 aromatic heterocycles. The number of hydrogen-bond donors (Lipinski definition) is 1. The van der Waals surface area contributed by atoms with Crippen molar-refractivity contribution >= 4 is 23.3 Å². The Bertz CT molecular complexity index is 807. The van der Waals surface area contributed by atoms with Gasteiger partial charge in [-0.05, 0) is 43.5 Å². The zero-order valence-electron chi connectivity index (χ0n) is 14.7. The van der Waals surface area contributed by atoms with Crippen molar-refractivity contribution in [2.75, 3.05) is 18.0 Å². The number of carbonyl (C=O) groups is 1. The molecule has 26 heavy (non-hydrogen) atoms. The van der Waals surface area contributed by atoms with Gasteiger partial charge in [-0.3, -0.25) is 4.79 Å². The number of piperidine rings is 1. The van der Waals surface area contributed by atoms with E-state index >= 15 is 0 Å². The summed E-state index contributed by atoms with van der Waals surface area (Å²) in [5, 5.41) is 12.6. The van der Waals surface area contributed by atoms with Crippen LogP contribution in [0.4, 0.5) is 5.82 Å². The zero-order valence-corrected chi connectivity index (χ0v) is 15.4. The molecule has 1 fully saturated rings. The van der Waals surface area contributed by atoms with E-state index < -0.39 is 0 Å². The van der Waals surface area contributed by atoms with Gasteiger partial charge in [-0.1, -0.05) is 29.8 Å². The fourth-order valence-corrected chi connectivity index (χ4v) is 3.54. The summed E-state index contributed by atoms with van der Waals surface area (Å²) in [6.45, 7) is 3.50. The third kappa shape index (κ3) is 4.14. The van der Waals surface area contributed by atoms with Gasteiger partial charge in [0.05, 0.1) is 11.6 Å². The molecule has 1 amide bonds. The standard InChI is InChI=1S/C20H21ClN4O/c1-14(17-4-2-3-5-18(17)21)24-20(26)16-8-10-25(11-9-16)19-7-6-15(12-22)13-23-19/h2-7,13-14,16H,8-11H2,1H3,(H,24,26). The number of nitrogens with zero attached hydrogens (tertiary/aromatic N) is 3. The fraction of sp³-hybridized carbons (Fsp3) is 0.350. The topological polar surface area (TPSA) is 69.0 Å². The number of nitriles is 1. The number of aromatic nitrogens is 1. The van der Waals surface area contributed by atoms with Crippen LogP contribution in [0.15, 0.2) is 42.6 Å². The highest BCUT2D eigenvalue weighted by molar-refractivity contribution is 6.31. The van der Waals surface area contributed by atoms with Crippen molar-refractivity contribution in [3.63, 3.8) is 0 Å². The molecule has 0 bridgehead atoms. The second-order valence-corrected chi connectivity index (χ2v) is 6.94. The molecule has 2 aromatic rings. The van der Waals surface area contributed by atoms with E-state index in [4.69, 9.17) is 16.9 Å². The molecule has 1 aliphatic rings. The van der Waals surface area contributed by atoms with Crippen molar-refractivity contribution in [2.24, 2.45) is 5.92 Å². The van der Waals surface area contributed by atoms with Gasteiger partial charge in [0.1, 0.15) is 11.9 Å². The Labute approximate surface area is 158 Å². The second kappa shape index (κ2) is 8.20. The average Bonchev–Trinajstić information content (AvgIpc) is 2.68. The van der Waals surface area contributed by atoms with E-state index in [1.54, 1.807) is 12.3 Å². The Balaban J connectivity index is 1.55. The molecule has 1 atom stereocenters. The molecule has 0 spiro atoms. The van der Waals surface area contributed by atoms with Crippen LogP contribution in [0.5, 0.6) is 0 Å². The first-order chi connectivity index (χ1) is 12.6. The van der Waals surface area contributed by atoms with Gasteiger partial charge in [0, 0.05) is 30.2 Å². The Kier molecular flexibility index (Phi) is 5.75. The Morgan fingerprint density at radius 2 is 2.04 bits per heavy atom. The lowest BCUT2D eigenvalue weighted by Gasteiger charge is -2.32. The molecule has 6 heteroatoms. The maximum absolute atomic E-state index is 12.6. The molecule has 1 unspecified atom stereocenters. The molecule has 134 valence electrons. The average molecular weight is 369 g/mol. The first-order valence-corrected chi connectivity index (χ1v) is 9.12. The van der Waals surface area contributed by atoms with Gasteiger partial charge in [0.15, 0.2) is 0 Å². The largest absolute Gasteiger partial charge is 0.357 e. The molecule has 1 aromatic carbocycles. The van der Waals surface area contributed by atoms with E-state index in [9.17, 15) is 4.79 Å². The predicted molar refractivity (Wildman–Crippen MR) is 102 cm³/mol. The lowest BCUT2D eigenvalue weighted by Crippen LogP contribution is -2.41. The van der Waals surface area contributed by atoms with Crippen molar-refractivity contribution in [2.45, 2.75) is 25.8 Å². The van der Waals surface area contributed by atoms with Gasteiger partial charge in [-0.2, -0.15) is 5.26 Å². The maximum atomic E-state index is 12.6. The quantitative estimate of drug-likeness (QED) is 0.893. The zero-order chi connectivity index (χ0) is 18.5. The molecule has 1 N–H and O–H groups in total. The number of nitrogens with one attached hydrogen (secondary N) is 1. The van der Waals surface area contributed by atoms with Gasteiger partial charge in [-0.15, -0.1) is 0 Å². The molecule has 1 saturated heterocycles. The smallest absolute Gasteiger partial charge is 0.223 e. The van der Waals surface area contributed by atoms with Crippen LogP contribution < -0.4 is 10.2 Å². The minimum absolute atomic E-state index is 0.00503. The fourth-order valence-electron chi connectivity index (χ4n) is 3.25. The number of pyridine rings is 1. The molecule has 0 saturated carbocycles. The van der Waals surface area contributed by atoms with E-state index in [-0.39, 0.29) is 17.9 Å². The van der Waals surface area contributed by atoms with E-state index in [1.165, 1.54) is 0 Å². The van der Waals surface area contributed by atoms with Crippen LogP contribution in [0.2, 0.25) is 5.02 Å². The number of hydrogen-bond acceptors (Lipinski definition) is 4. The monoisotopic (exact) mass is 368 g/mol. The third-order valence-corrected chi connectivity index (χ3v) is 5.14. The van der Waals surface area contributed by atoms with Crippen LogP contribution in [0.25, 0.3) is 0 Å². The van der Waals surface area contributed by atoms with Crippen LogP contribution >= 0.6 is 11.6 Å². The molecule has 0 radical (unpaired) electrons. The minimum atomic E-state index is -0.116. The molecular weight excluding hydrogens is 348 g/mol. The lowest BCUT2D eigenvalue weighted by atomic mass is 9.95. The summed E-state index contributed by atoms with van der Waals surface area (Å²) in [6, 6.07) is 13.2. The number of anilines is 1. The summed E-state index contributed by atoms with van der Waals surface area (Å²) in [4.78, 5) is 19.1. The van der Waals surface area contributed by atoms with Crippen molar-refractivity contribution < 1.29 is 4.79 Å². The number of amides is 1. The van der Waals surface area contributed by atoms with Crippen LogP contribution in [0, 0.1) is 17.2 Å². The van der Waals surface area contributed by atoms with Gasteiger partial charge in [-0.25, -0.2) is 4.98 Å². The molecule has 1 aliphatic heterocycles. The van der Waals surface area contributed by atoms with Crippen molar-refractivity contribution in [3.8, 4) is 6.07 Å². The Hall–Kier alpha value is -2.58. The summed E-state index contributed by atoms with van der Waals surface area (Å²) < 4.78 is 0. The van der Waals surface area contributed by atoms with E-state index in [2.05, 4.69) is 21.3 Å². The SMILES string of the molecule is CC(NC(=O)C1CCN(c2ccc(C#N)cn2)CC1)c1ccccc1Cl. The summed E-state index contributed by atoms with van der Waals surface area (Å²) >= 11 is 6.21. The highest BCUT2D eigenvalue weighted by Gasteiger charge is 2.26. The van der Waals surface area contributed by atoms with E-state index in [0.717, 1.165) is 37.3 Å². The van der Waals surface area contributed by atoms with Crippen molar-refractivity contribution in [1.29, 1.82) is 5.26 Å². The molecule has 5 nitrogen and oxygen atoms in total. The number of carbonyl (C=O) groups excluding carboxylic acids is 1. The van der Waals surface area contributed by atoms with E-state index in [1.807, 2.05) is 37.3 Å². The molecule has 0 aliphatic carbocycles. The molecule has 3 rings (SSSR count). The second-order valence-electron chi connectivity index (χ2n) is 6.53. The van der Waals surface area contributed by atoms with Gasteiger partial charge in [0.25, 0.3) is 0 Å². The van der Waals surface area contributed by atoms with Crippen LogP contribution in [-0.4, -0.2) is 24.0 Å². The number of halogens is 1. The summed E-state index contributed by atoms with van der Waals surface area (Å²) in [7, 11) is 0. The van der Waals surface area contributed by atoms with Crippen molar-refractivity contribution in [1.82, 2.24) is 10.3 Å². The summed E-state index contributed by atoms with van der Waals surface area (Å²) in [5.74, 6) is 0.923. The normalized spacial score (nSPS) is 16.0. The predicted octanol–water partition coefficient (Wildman–Crippen LogP) is 3.70. The highest BCUT2D eigenvalue weighted by atomic mass is 35.5. The van der Waals surface area contributed by atoms with Gasteiger partial charge in [0.2, 0.25) is 5.91 Å². The van der Waals surface area contributed by atoms with Crippen molar-refractivity contribution in [3.05, 3.63) is 58.7 Å². The lowest BCUT2D eigenvalue weighted by molar-refractivity contribution is -0.126. The van der Waals surface area contributed by atoms with Crippen LogP contribution in [0.1, 0.15) is 36.9 Å². The first-order valence-electron chi connectivity index (χ1n) is 8.74. The summed E-state index contributed by atoms with van der Waals surface area (Å²) in [5.41, 5.74) is 1.48. The highest BCUT2D eigenvalue weighted by Crippen LogP contribution is 2.25. The summed E-state index contributed by atoms with van der Waals surface area (Å²) in [6.07, 6.45) is 3.14. The Morgan fingerprint density at radius 3 is 2.65 bits per heavy atom. The first kappa shape index (κ1) is 18.2. The van der Waals surface area contributed by atoms with Gasteiger partial charge >= 0.3 is 0 Å². The third-order valence-electron chi connectivity index (χ3n) is 4.80. The van der Waals surface area contributed by atoms with Crippen LogP contribution in [0.3, 0.4) is 0 Å². The Morgan fingerprint density at radius 1 is 1.31 bits per heavy atom. The number of rotatable bonds is 4. The van der Waals surface area contributed by atoms with E-state index in [0.29, 0.717) is 10.6 Å². The molecular formula is C20H21ClN4O. The molecule has 2 heterocycles.